The van der Waals surface area contributed by atoms with Gasteiger partial charge in [0.25, 0.3) is 0 Å². The zero-order valence-corrected chi connectivity index (χ0v) is 12.4. The van der Waals surface area contributed by atoms with Crippen LogP contribution in [0.15, 0.2) is 22.7 Å². The van der Waals surface area contributed by atoms with Gasteiger partial charge in [-0.3, -0.25) is 0 Å². The van der Waals surface area contributed by atoms with Crippen LogP contribution in [0.5, 0.6) is 5.75 Å². The van der Waals surface area contributed by atoms with Crippen LogP contribution >= 0.6 is 15.9 Å². The molecule has 0 amide bonds. The maximum atomic E-state index is 12.1. The lowest BCUT2D eigenvalue weighted by molar-refractivity contribution is -0.274. The Balaban J connectivity index is 2.60. The van der Waals surface area contributed by atoms with Gasteiger partial charge in [0.15, 0.2) is 0 Å². The summed E-state index contributed by atoms with van der Waals surface area (Å²) in [5, 5.41) is 2.65. The number of nitrogens with one attached hydrogen (secondary N) is 1. The van der Waals surface area contributed by atoms with E-state index in [4.69, 9.17) is 0 Å². The summed E-state index contributed by atoms with van der Waals surface area (Å²) in [7, 11) is 0. The molecule has 0 aliphatic heterocycles. The second kappa shape index (κ2) is 6.87. The van der Waals surface area contributed by atoms with E-state index >= 15 is 0 Å². The van der Waals surface area contributed by atoms with Crippen LogP contribution in [-0.2, 0) is 6.54 Å². The molecule has 0 heterocycles. The van der Waals surface area contributed by atoms with Gasteiger partial charge in [-0.05, 0) is 40.5 Å². The van der Waals surface area contributed by atoms with Gasteiger partial charge >= 0.3 is 12.5 Å². The van der Waals surface area contributed by atoms with E-state index in [1.165, 1.54) is 19.1 Å². The number of alkyl halides is 6. The minimum Gasteiger partial charge on any atom is -0.405 e. The monoisotopic (exact) mass is 379 g/mol. The highest BCUT2D eigenvalue weighted by Gasteiger charge is 2.32. The largest absolute Gasteiger partial charge is 0.573 e. The molecule has 1 unspecified atom stereocenters. The predicted octanol–water partition coefficient (Wildman–Crippen LogP) is 4.78. The van der Waals surface area contributed by atoms with Gasteiger partial charge in [0.2, 0.25) is 0 Å². The van der Waals surface area contributed by atoms with Crippen molar-refractivity contribution < 1.29 is 31.1 Å². The van der Waals surface area contributed by atoms with Crippen LogP contribution in [0.2, 0.25) is 0 Å². The molecule has 0 fully saturated rings. The minimum absolute atomic E-state index is 0.0719. The Morgan fingerprint density at radius 3 is 2.29 bits per heavy atom. The van der Waals surface area contributed by atoms with Crippen LogP contribution in [-0.4, -0.2) is 18.6 Å². The van der Waals surface area contributed by atoms with Crippen molar-refractivity contribution in [1.29, 1.82) is 0 Å². The topological polar surface area (TPSA) is 21.3 Å². The zero-order chi connectivity index (χ0) is 16.3. The van der Waals surface area contributed by atoms with E-state index in [1.54, 1.807) is 0 Å². The van der Waals surface area contributed by atoms with E-state index in [1.807, 2.05) is 0 Å². The highest BCUT2D eigenvalue weighted by atomic mass is 79.9. The SMILES string of the molecule is CC(CC(F)(F)F)NCc1ccc(OC(F)(F)F)c(Br)c1. The molecule has 0 aromatic heterocycles. The number of halogens is 7. The average molecular weight is 380 g/mol. The number of hydrogen-bond acceptors (Lipinski definition) is 2. The van der Waals surface area contributed by atoms with Crippen LogP contribution in [0.25, 0.3) is 0 Å². The molecule has 0 aliphatic rings. The molecular formula is C12H12BrF6NO. The summed E-state index contributed by atoms with van der Waals surface area (Å²) in [6.45, 7) is 1.48. The van der Waals surface area contributed by atoms with Crippen LogP contribution in [0, 0.1) is 0 Å². The van der Waals surface area contributed by atoms with E-state index < -0.39 is 30.8 Å². The second-order valence-electron chi connectivity index (χ2n) is 4.41. The first-order valence-electron chi connectivity index (χ1n) is 5.80. The molecule has 0 spiro atoms. The number of benzene rings is 1. The third-order valence-corrected chi connectivity index (χ3v) is 3.03. The summed E-state index contributed by atoms with van der Waals surface area (Å²) in [6, 6.07) is 3.01. The fraction of sp³-hybridized carbons (Fsp3) is 0.500. The Morgan fingerprint density at radius 1 is 1.19 bits per heavy atom. The standard InChI is InChI=1S/C12H12BrF6NO/c1-7(5-11(14,15)16)20-6-8-2-3-10(9(13)4-8)21-12(17,18)19/h2-4,7,20H,5-6H2,1H3. The summed E-state index contributed by atoms with van der Waals surface area (Å²) in [6.07, 6.45) is -10.1. The van der Waals surface area contributed by atoms with Gasteiger partial charge in [-0.15, -0.1) is 13.2 Å². The molecule has 2 nitrogen and oxygen atoms in total. The van der Waals surface area contributed by atoms with Crippen molar-refractivity contribution in [2.45, 2.75) is 38.5 Å². The molecule has 0 saturated carbocycles. The Morgan fingerprint density at radius 2 is 1.81 bits per heavy atom. The fourth-order valence-corrected chi connectivity index (χ4v) is 2.08. The van der Waals surface area contributed by atoms with E-state index in [-0.39, 0.29) is 11.0 Å². The normalized spacial score (nSPS) is 14.1. The molecule has 1 atom stereocenters. The molecule has 0 saturated heterocycles. The molecule has 1 aromatic rings. The highest BCUT2D eigenvalue weighted by molar-refractivity contribution is 9.10. The Bertz CT molecular complexity index is 474. The van der Waals surface area contributed by atoms with Gasteiger partial charge in [0, 0.05) is 12.6 Å². The highest BCUT2D eigenvalue weighted by Crippen LogP contribution is 2.31. The van der Waals surface area contributed by atoms with Gasteiger partial charge in [-0.1, -0.05) is 6.07 Å². The fourth-order valence-electron chi connectivity index (χ4n) is 1.57. The molecule has 1 aromatic carbocycles. The lowest BCUT2D eigenvalue weighted by atomic mass is 10.2. The molecule has 0 aliphatic carbocycles. The average Bonchev–Trinajstić information content (AvgIpc) is 2.26. The van der Waals surface area contributed by atoms with Crippen molar-refractivity contribution in [2.75, 3.05) is 0 Å². The first kappa shape index (κ1) is 18.1. The predicted molar refractivity (Wildman–Crippen MR) is 67.8 cm³/mol. The molecule has 1 N–H and O–H groups in total. The lowest BCUT2D eigenvalue weighted by Crippen LogP contribution is -2.30. The van der Waals surface area contributed by atoms with E-state index in [9.17, 15) is 26.3 Å². The minimum atomic E-state index is -4.80. The van der Waals surface area contributed by atoms with Gasteiger partial charge < -0.3 is 10.1 Å². The Hall–Kier alpha value is -0.960. The summed E-state index contributed by atoms with van der Waals surface area (Å²) in [5.41, 5.74) is 0.533. The van der Waals surface area contributed by atoms with Crippen LogP contribution in [0.3, 0.4) is 0 Å². The first-order valence-corrected chi connectivity index (χ1v) is 6.60. The van der Waals surface area contributed by atoms with Crippen molar-refractivity contribution in [2.24, 2.45) is 0 Å². The smallest absolute Gasteiger partial charge is 0.405 e. The van der Waals surface area contributed by atoms with Gasteiger partial charge in [0.05, 0.1) is 10.9 Å². The number of rotatable bonds is 5. The maximum absolute atomic E-state index is 12.1. The third kappa shape index (κ3) is 7.56. The van der Waals surface area contributed by atoms with Crippen molar-refractivity contribution in [3.63, 3.8) is 0 Å². The maximum Gasteiger partial charge on any atom is 0.573 e. The number of hydrogen-bond donors (Lipinski definition) is 1. The van der Waals surface area contributed by atoms with Gasteiger partial charge in [-0.2, -0.15) is 13.2 Å². The van der Waals surface area contributed by atoms with E-state index in [2.05, 4.69) is 26.0 Å². The summed E-state index contributed by atoms with van der Waals surface area (Å²) < 4.78 is 76.5. The molecule has 120 valence electrons. The van der Waals surface area contributed by atoms with Crippen molar-refractivity contribution >= 4 is 15.9 Å². The molecule has 0 bridgehead atoms. The van der Waals surface area contributed by atoms with E-state index in [0.717, 1.165) is 6.07 Å². The number of ether oxygens (including phenoxy) is 1. The van der Waals surface area contributed by atoms with Crippen LogP contribution in [0.4, 0.5) is 26.3 Å². The van der Waals surface area contributed by atoms with Crippen molar-refractivity contribution in [3.05, 3.63) is 28.2 Å². The first-order chi connectivity index (χ1) is 9.46. The quantitative estimate of drug-likeness (QED) is 0.743. The molecule has 1 rings (SSSR count). The van der Waals surface area contributed by atoms with Crippen LogP contribution in [0.1, 0.15) is 18.9 Å². The summed E-state index contributed by atoms with van der Waals surface area (Å²) in [4.78, 5) is 0. The van der Waals surface area contributed by atoms with Gasteiger partial charge in [-0.25, -0.2) is 0 Å². The lowest BCUT2D eigenvalue weighted by Gasteiger charge is -2.16. The van der Waals surface area contributed by atoms with Crippen molar-refractivity contribution in [3.8, 4) is 5.75 Å². The van der Waals surface area contributed by atoms with Gasteiger partial charge in [0.1, 0.15) is 5.75 Å². The Labute approximate surface area is 125 Å². The summed E-state index contributed by atoms with van der Waals surface area (Å²) in [5.74, 6) is -0.408. The van der Waals surface area contributed by atoms with Crippen molar-refractivity contribution in [1.82, 2.24) is 5.32 Å². The summed E-state index contributed by atoms with van der Waals surface area (Å²) >= 11 is 2.92. The molecule has 21 heavy (non-hydrogen) atoms. The Kier molecular flexibility index (Phi) is 5.92. The molecule has 0 radical (unpaired) electrons. The molecule has 9 heteroatoms. The second-order valence-corrected chi connectivity index (χ2v) is 5.27. The molecular weight excluding hydrogens is 368 g/mol. The zero-order valence-electron chi connectivity index (χ0n) is 10.8. The van der Waals surface area contributed by atoms with E-state index in [0.29, 0.717) is 5.56 Å². The third-order valence-electron chi connectivity index (χ3n) is 2.41. The van der Waals surface area contributed by atoms with Crippen LogP contribution < -0.4 is 10.1 Å².